The fourth-order valence-electron chi connectivity index (χ4n) is 4.24. The van der Waals surface area contributed by atoms with Gasteiger partial charge in [0.25, 0.3) is 0 Å². The fourth-order valence-corrected chi connectivity index (χ4v) is 4.40. The molecule has 32 heavy (non-hydrogen) atoms. The van der Waals surface area contributed by atoms with Gasteiger partial charge in [-0.05, 0) is 48.4 Å². The molecule has 0 spiro atoms. The number of carbonyl (C=O) groups excluding carboxylic acids is 1. The molecule has 2 aliphatic heterocycles. The minimum Gasteiger partial charge on any atom is -0.455 e. The van der Waals surface area contributed by atoms with E-state index in [1.54, 1.807) is 11.0 Å². The summed E-state index contributed by atoms with van der Waals surface area (Å²) in [4.78, 5) is 23.8. The van der Waals surface area contributed by atoms with Crippen molar-refractivity contribution in [3.63, 3.8) is 0 Å². The number of pyridine rings is 1. The smallest absolute Gasteiger partial charge is 0.325 e. The molecule has 3 heterocycles. The van der Waals surface area contributed by atoms with Crippen molar-refractivity contribution in [2.45, 2.75) is 13.0 Å². The molecule has 2 aliphatic rings. The van der Waals surface area contributed by atoms with E-state index in [0.717, 1.165) is 37.4 Å². The van der Waals surface area contributed by atoms with Gasteiger partial charge in [0.15, 0.2) is 5.75 Å². The Hall–Kier alpha value is -3.09. The number of aromatic nitrogens is 1. The van der Waals surface area contributed by atoms with Crippen molar-refractivity contribution in [3.8, 4) is 11.5 Å². The van der Waals surface area contributed by atoms with Crippen LogP contribution in [0.3, 0.4) is 0 Å². The average Bonchev–Trinajstić information content (AvgIpc) is 3.00. The molecule has 1 fully saturated rings. The predicted octanol–water partition coefficient (Wildman–Crippen LogP) is 4.83. The Morgan fingerprint density at radius 1 is 0.969 bits per heavy atom. The molecule has 164 valence electrons. The van der Waals surface area contributed by atoms with Crippen LogP contribution in [0.4, 0.5) is 10.5 Å². The summed E-state index contributed by atoms with van der Waals surface area (Å²) in [6.07, 6.45) is 4.65. The van der Waals surface area contributed by atoms with Crippen molar-refractivity contribution in [3.05, 3.63) is 83.1 Å². The van der Waals surface area contributed by atoms with Gasteiger partial charge in [-0.2, -0.15) is 0 Å². The molecule has 2 amide bonds. The molecule has 1 aromatic heterocycles. The summed E-state index contributed by atoms with van der Waals surface area (Å²) >= 11 is 6.28. The highest BCUT2D eigenvalue weighted by Crippen LogP contribution is 2.40. The van der Waals surface area contributed by atoms with Gasteiger partial charge in [0.2, 0.25) is 0 Å². The molecule has 6 nitrogen and oxygen atoms in total. The highest BCUT2D eigenvalue weighted by Gasteiger charge is 2.30. The highest BCUT2D eigenvalue weighted by molar-refractivity contribution is 6.31. The lowest BCUT2D eigenvalue weighted by molar-refractivity contribution is 0.144. The third-order valence-electron chi connectivity index (χ3n) is 6.07. The van der Waals surface area contributed by atoms with Crippen LogP contribution in [-0.2, 0) is 13.0 Å². The van der Waals surface area contributed by atoms with E-state index in [1.165, 1.54) is 5.56 Å². The van der Waals surface area contributed by atoms with E-state index in [0.29, 0.717) is 36.1 Å². The summed E-state index contributed by atoms with van der Waals surface area (Å²) in [6, 6.07) is 17.4. The Morgan fingerprint density at radius 2 is 1.75 bits per heavy atom. The number of benzene rings is 2. The second-order valence-corrected chi connectivity index (χ2v) is 8.56. The zero-order valence-corrected chi connectivity index (χ0v) is 18.5. The van der Waals surface area contributed by atoms with E-state index >= 15 is 0 Å². The van der Waals surface area contributed by atoms with Gasteiger partial charge in [-0.3, -0.25) is 14.8 Å². The van der Waals surface area contributed by atoms with E-state index in [2.05, 4.69) is 22.0 Å². The number of fused-ring (bicyclic) bond motifs is 2. The number of hydrogen-bond donors (Lipinski definition) is 0. The molecule has 5 rings (SSSR count). The first kappa shape index (κ1) is 20.8. The molecule has 0 N–H and O–H groups in total. The monoisotopic (exact) mass is 448 g/mol. The third kappa shape index (κ3) is 4.42. The van der Waals surface area contributed by atoms with Crippen LogP contribution >= 0.6 is 11.6 Å². The van der Waals surface area contributed by atoms with Crippen molar-refractivity contribution in [2.75, 3.05) is 37.6 Å². The van der Waals surface area contributed by atoms with Crippen molar-refractivity contribution in [2.24, 2.45) is 0 Å². The number of piperazine rings is 1. The van der Waals surface area contributed by atoms with Crippen LogP contribution in [0.2, 0.25) is 5.02 Å². The number of amides is 2. The standard InChI is InChI=1S/C25H25ClN4O2/c26-21-5-6-24-22(17-21)30(18-20-3-1-2-4-23(20)32-24)25(31)29-15-13-28(14-16-29)12-9-19-7-10-27-11-8-19/h1-8,10-11,17H,9,12-16,18H2. The third-order valence-corrected chi connectivity index (χ3v) is 6.31. The first-order valence-electron chi connectivity index (χ1n) is 10.9. The molecule has 0 bridgehead atoms. The minimum atomic E-state index is -0.0115. The topological polar surface area (TPSA) is 48.9 Å². The van der Waals surface area contributed by atoms with Crippen molar-refractivity contribution in [1.29, 1.82) is 0 Å². The first-order valence-corrected chi connectivity index (χ1v) is 11.3. The number of carbonyl (C=O) groups is 1. The number of anilines is 1. The highest BCUT2D eigenvalue weighted by atomic mass is 35.5. The van der Waals surface area contributed by atoms with Crippen molar-refractivity contribution >= 4 is 23.3 Å². The van der Waals surface area contributed by atoms with Gasteiger partial charge in [0.05, 0.1) is 12.2 Å². The molecular formula is C25H25ClN4O2. The lowest BCUT2D eigenvalue weighted by Crippen LogP contribution is -2.53. The lowest BCUT2D eigenvalue weighted by Gasteiger charge is -2.37. The predicted molar refractivity (Wildman–Crippen MR) is 126 cm³/mol. The van der Waals surface area contributed by atoms with E-state index in [-0.39, 0.29) is 6.03 Å². The van der Waals surface area contributed by atoms with Gasteiger partial charge in [-0.25, -0.2) is 4.79 Å². The summed E-state index contributed by atoms with van der Waals surface area (Å²) in [6.45, 7) is 4.55. The van der Waals surface area contributed by atoms with E-state index in [9.17, 15) is 4.79 Å². The maximum atomic E-state index is 13.6. The van der Waals surface area contributed by atoms with Gasteiger partial charge in [0.1, 0.15) is 5.75 Å². The summed E-state index contributed by atoms with van der Waals surface area (Å²) in [5.74, 6) is 1.41. The summed E-state index contributed by atoms with van der Waals surface area (Å²) in [5.41, 5.74) is 2.97. The van der Waals surface area contributed by atoms with Gasteiger partial charge in [-0.15, -0.1) is 0 Å². The quantitative estimate of drug-likeness (QED) is 0.576. The molecule has 0 unspecified atom stereocenters. The van der Waals surface area contributed by atoms with Crippen LogP contribution in [0.5, 0.6) is 11.5 Å². The van der Waals surface area contributed by atoms with Gasteiger partial charge in [0, 0.05) is 55.7 Å². The Balaban J connectivity index is 1.29. The first-order chi connectivity index (χ1) is 15.7. The van der Waals surface area contributed by atoms with Crippen LogP contribution in [-0.4, -0.2) is 53.5 Å². The normalized spacial score (nSPS) is 16.0. The molecule has 0 aliphatic carbocycles. The Morgan fingerprint density at radius 3 is 2.56 bits per heavy atom. The van der Waals surface area contributed by atoms with Crippen LogP contribution < -0.4 is 9.64 Å². The molecule has 1 saturated heterocycles. The number of nitrogens with zero attached hydrogens (tertiary/aromatic N) is 4. The van der Waals surface area contributed by atoms with Crippen LogP contribution in [0.1, 0.15) is 11.1 Å². The molecule has 0 saturated carbocycles. The Bertz CT molecular complexity index is 1100. The van der Waals surface area contributed by atoms with Crippen LogP contribution in [0.15, 0.2) is 67.0 Å². The zero-order chi connectivity index (χ0) is 21.9. The largest absolute Gasteiger partial charge is 0.455 e. The molecule has 0 radical (unpaired) electrons. The number of urea groups is 1. The maximum Gasteiger partial charge on any atom is 0.325 e. The number of ether oxygens (including phenoxy) is 1. The van der Waals surface area contributed by atoms with E-state index in [4.69, 9.17) is 16.3 Å². The summed E-state index contributed by atoms with van der Waals surface area (Å²) < 4.78 is 6.13. The van der Waals surface area contributed by atoms with E-state index in [1.807, 2.05) is 53.7 Å². The average molecular weight is 449 g/mol. The number of halogens is 1. The van der Waals surface area contributed by atoms with Crippen LogP contribution in [0, 0.1) is 0 Å². The number of para-hydroxylation sites is 1. The van der Waals surface area contributed by atoms with Gasteiger partial charge >= 0.3 is 6.03 Å². The lowest BCUT2D eigenvalue weighted by atomic mass is 10.2. The van der Waals surface area contributed by atoms with E-state index < -0.39 is 0 Å². The van der Waals surface area contributed by atoms with Crippen LogP contribution in [0.25, 0.3) is 0 Å². The molecule has 0 atom stereocenters. The fraction of sp³-hybridized carbons (Fsp3) is 0.280. The Labute approximate surface area is 193 Å². The summed E-state index contributed by atoms with van der Waals surface area (Å²) in [5, 5.41) is 0.581. The summed E-state index contributed by atoms with van der Waals surface area (Å²) in [7, 11) is 0. The maximum absolute atomic E-state index is 13.6. The number of rotatable bonds is 3. The van der Waals surface area contributed by atoms with Crippen molar-refractivity contribution in [1.82, 2.24) is 14.8 Å². The molecule has 2 aromatic carbocycles. The Kier molecular flexibility index (Phi) is 5.97. The molecule has 7 heteroatoms. The molecular weight excluding hydrogens is 424 g/mol. The zero-order valence-electron chi connectivity index (χ0n) is 17.8. The minimum absolute atomic E-state index is 0.0115. The second-order valence-electron chi connectivity index (χ2n) is 8.12. The second kappa shape index (κ2) is 9.18. The number of hydrogen-bond acceptors (Lipinski definition) is 4. The van der Waals surface area contributed by atoms with Gasteiger partial charge in [-0.1, -0.05) is 29.8 Å². The SMILES string of the molecule is O=C(N1CCN(CCc2ccncc2)CC1)N1Cc2ccccc2Oc2ccc(Cl)cc21. The molecule has 3 aromatic rings. The van der Waals surface area contributed by atoms with Crippen molar-refractivity contribution < 1.29 is 9.53 Å². The van der Waals surface area contributed by atoms with Gasteiger partial charge < -0.3 is 9.64 Å².